The van der Waals surface area contributed by atoms with E-state index in [4.69, 9.17) is 14.2 Å². The lowest BCUT2D eigenvalue weighted by molar-refractivity contribution is -0.235. The smallest absolute Gasteiger partial charge is 0.309 e. The molecule has 5 aliphatic rings. The molecule has 0 bridgehead atoms. The summed E-state index contributed by atoms with van der Waals surface area (Å²) in [4.78, 5) is 11.9. The molecule has 8 heteroatoms. The van der Waals surface area contributed by atoms with Crippen molar-refractivity contribution in [2.45, 2.75) is 271 Å². The topological polar surface area (TPSA) is 126 Å². The molecule has 0 amide bonds. The molecule has 3 aliphatic carbocycles. The fourth-order valence-corrected chi connectivity index (χ4v) is 15.5. The Kier molecular flexibility index (Phi) is 25.6. The highest BCUT2D eigenvalue weighted by atomic mass is 16.7. The van der Waals surface area contributed by atoms with Gasteiger partial charge in [0, 0.05) is 19.4 Å². The second kappa shape index (κ2) is 26.7. The summed E-state index contributed by atoms with van der Waals surface area (Å²) in [6.45, 7) is 72.6. The Balaban J connectivity index is 0.000000488. The number of allylic oxidation sites excluding steroid dienone is 2. The summed E-state index contributed by atoms with van der Waals surface area (Å²) < 4.78 is 16.6. The zero-order valence-corrected chi connectivity index (χ0v) is 57.7. The average molecular weight is 1100 g/mol. The van der Waals surface area contributed by atoms with Gasteiger partial charge in [0.1, 0.15) is 5.60 Å². The number of cyclic esters (lactones) is 1. The number of carbonyl (C=O) groups excluding carboxylic acids is 1. The van der Waals surface area contributed by atoms with Crippen LogP contribution in [0.4, 0.5) is 0 Å². The number of rotatable bonds is 3. The normalized spacial score (nSPS) is 33.5. The van der Waals surface area contributed by atoms with Crippen LogP contribution in [-0.4, -0.2) is 77.4 Å². The second-order valence-electron chi connectivity index (χ2n) is 36.1. The summed E-state index contributed by atoms with van der Waals surface area (Å²) in [7, 11) is 1.74. The molecule has 78 heavy (non-hydrogen) atoms. The number of aliphatic hydroxyl groups is 4. The Hall–Kier alpha value is -1.29. The van der Waals surface area contributed by atoms with Gasteiger partial charge in [-0.3, -0.25) is 4.79 Å². The fourth-order valence-electron chi connectivity index (χ4n) is 15.5. The Bertz CT molecular complexity index is 1860. The molecule has 0 aromatic rings. The van der Waals surface area contributed by atoms with Gasteiger partial charge in [0.2, 0.25) is 0 Å². The lowest BCUT2D eigenvalue weighted by atomic mass is 9.60. The zero-order chi connectivity index (χ0) is 61.9. The van der Waals surface area contributed by atoms with Gasteiger partial charge in [-0.15, -0.1) is 0 Å². The molecule has 4 N–H and O–H groups in total. The molecule has 5 rings (SSSR count). The Morgan fingerprint density at radius 2 is 1.00 bits per heavy atom. The number of hydrogen-bond donors (Lipinski definition) is 4. The van der Waals surface area contributed by atoms with Gasteiger partial charge in [-0.25, -0.2) is 0 Å². The van der Waals surface area contributed by atoms with E-state index < -0.39 is 5.60 Å². The SMILES string of the molecule is CC(C)(C)C1C=CC(O)(CO)C1C(C)(C)C.CC(C)(C)C1CC=C(CO)C1C(C)(C)C.CC(C)(C)C1CCOC(=O)C1C(C)(C)C.CC1C(O)CC(C(C)(C)C)C1C(C)(C)C.COC1CC(C(C)(C)C)C(C(C)(C)C)C(C)O1. The molecule has 3 fully saturated rings. The third kappa shape index (κ3) is 20.5. The van der Waals surface area contributed by atoms with Gasteiger partial charge in [0.05, 0.1) is 37.9 Å². The average Bonchev–Trinajstić information content (AvgIpc) is 3.93. The first kappa shape index (κ1) is 74.7. The molecule has 15 unspecified atom stereocenters. The van der Waals surface area contributed by atoms with Crippen LogP contribution in [0.25, 0.3) is 0 Å². The quantitative estimate of drug-likeness (QED) is 0.163. The molecule has 0 aromatic carbocycles. The Labute approximate surface area is 484 Å². The number of hydrogen-bond acceptors (Lipinski definition) is 8. The van der Waals surface area contributed by atoms with Crippen LogP contribution in [0.15, 0.2) is 23.8 Å². The highest BCUT2D eigenvalue weighted by molar-refractivity contribution is 5.74. The van der Waals surface area contributed by atoms with Crippen molar-refractivity contribution in [2.75, 3.05) is 26.9 Å². The lowest BCUT2D eigenvalue weighted by Gasteiger charge is -2.51. The summed E-state index contributed by atoms with van der Waals surface area (Å²) in [5.74, 6) is 4.93. The second-order valence-corrected chi connectivity index (χ2v) is 36.1. The molecule has 1 saturated carbocycles. The van der Waals surface area contributed by atoms with Crippen LogP contribution in [0.2, 0.25) is 0 Å². The third-order valence-electron chi connectivity index (χ3n) is 19.1. The number of aliphatic hydroxyl groups excluding tert-OH is 3. The molecular weight excluding hydrogens is 969 g/mol. The van der Waals surface area contributed by atoms with Crippen molar-refractivity contribution in [2.24, 2.45) is 119 Å². The van der Waals surface area contributed by atoms with Crippen molar-refractivity contribution in [1.29, 1.82) is 0 Å². The molecule has 2 heterocycles. The minimum Gasteiger partial charge on any atom is -0.465 e. The Morgan fingerprint density at radius 1 is 0.564 bits per heavy atom. The highest BCUT2D eigenvalue weighted by Crippen LogP contribution is 2.55. The maximum Gasteiger partial charge on any atom is 0.309 e. The maximum atomic E-state index is 11.9. The van der Waals surface area contributed by atoms with E-state index in [9.17, 15) is 25.2 Å². The summed E-state index contributed by atoms with van der Waals surface area (Å²) >= 11 is 0. The van der Waals surface area contributed by atoms with E-state index in [1.165, 1.54) is 5.57 Å². The number of carbonyl (C=O) groups is 1. The largest absolute Gasteiger partial charge is 0.465 e. The van der Waals surface area contributed by atoms with Gasteiger partial charge in [-0.05, 0) is 139 Å². The number of esters is 1. The summed E-state index contributed by atoms with van der Waals surface area (Å²) in [5.41, 5.74) is 2.20. The molecule has 462 valence electrons. The van der Waals surface area contributed by atoms with Crippen LogP contribution < -0.4 is 0 Å². The van der Waals surface area contributed by atoms with Crippen molar-refractivity contribution in [1.82, 2.24) is 0 Å². The van der Waals surface area contributed by atoms with Crippen molar-refractivity contribution < 1.29 is 39.4 Å². The summed E-state index contributed by atoms with van der Waals surface area (Å²) in [6.07, 6.45) is 10.4. The van der Waals surface area contributed by atoms with Crippen molar-refractivity contribution in [3.05, 3.63) is 23.8 Å². The molecule has 8 nitrogen and oxygen atoms in total. The lowest BCUT2D eigenvalue weighted by Crippen LogP contribution is -2.50. The Morgan fingerprint density at radius 3 is 1.32 bits per heavy atom. The van der Waals surface area contributed by atoms with Crippen LogP contribution in [-0.2, 0) is 19.0 Å². The first-order valence-corrected chi connectivity index (χ1v) is 30.8. The van der Waals surface area contributed by atoms with E-state index in [-0.39, 0.29) is 82.0 Å². The van der Waals surface area contributed by atoms with E-state index in [1.54, 1.807) is 13.2 Å². The third-order valence-corrected chi connectivity index (χ3v) is 19.1. The number of ether oxygens (including phenoxy) is 3. The van der Waals surface area contributed by atoms with Gasteiger partial charge in [-0.1, -0.05) is 233 Å². The standard InChI is InChI=1S/C15H30O2.C14H26O2.C14H28O.C14H26O.C13H24O2/c1-10-13(15(5,6)7)11(14(2,3)4)9-12(16-8)17-10;1-12(2,3)10-7-8-14(16,9-15)11(10)13(4,5)6;1-9-11(15)8-10(13(2,3)4)12(9)14(5,6)7;1-13(2,3)11-8-7-10(9-15)12(11)14(4,5)6;1-12(2,3)9-7-8-15-11(14)10(9)13(4,5)6/h10-13H,9H2,1-8H3;7-8,10-11,15-16H,9H2,1-6H3;9-12,15H,8H2,1-7H3;7,11-12,15H,8-9H2,1-6H3;9-10H,7-8H2,1-6H3. The van der Waals surface area contributed by atoms with Crippen molar-refractivity contribution in [3.63, 3.8) is 0 Å². The van der Waals surface area contributed by atoms with Crippen molar-refractivity contribution in [3.8, 4) is 0 Å². The molecule has 15 atom stereocenters. The van der Waals surface area contributed by atoms with Gasteiger partial charge in [0.25, 0.3) is 0 Å². The van der Waals surface area contributed by atoms with Crippen LogP contribution in [0.5, 0.6) is 0 Å². The van der Waals surface area contributed by atoms with Crippen LogP contribution in [0.1, 0.15) is 247 Å². The van der Waals surface area contributed by atoms with E-state index in [0.717, 1.165) is 25.7 Å². The fraction of sp³-hybridized carbons (Fsp3) is 0.929. The monoisotopic (exact) mass is 1100 g/mol. The van der Waals surface area contributed by atoms with Crippen LogP contribution in [0, 0.1) is 119 Å². The van der Waals surface area contributed by atoms with E-state index in [1.807, 2.05) is 0 Å². The molecule has 2 aliphatic heterocycles. The first-order chi connectivity index (χ1) is 34.5. The first-order valence-electron chi connectivity index (χ1n) is 30.8. The molecule has 0 spiro atoms. The van der Waals surface area contributed by atoms with E-state index in [2.05, 4.69) is 234 Å². The summed E-state index contributed by atoms with van der Waals surface area (Å²) in [5, 5.41) is 39.4. The van der Waals surface area contributed by atoms with Gasteiger partial charge in [-0.2, -0.15) is 0 Å². The maximum absolute atomic E-state index is 11.9. The molecule has 0 radical (unpaired) electrons. The van der Waals surface area contributed by atoms with Gasteiger partial charge < -0.3 is 34.6 Å². The van der Waals surface area contributed by atoms with E-state index >= 15 is 0 Å². The van der Waals surface area contributed by atoms with Crippen LogP contribution in [0.3, 0.4) is 0 Å². The molecule has 0 aromatic heterocycles. The molecule has 2 saturated heterocycles. The van der Waals surface area contributed by atoms with Crippen molar-refractivity contribution >= 4 is 5.97 Å². The number of methoxy groups -OCH3 is 1. The highest BCUT2D eigenvalue weighted by Gasteiger charge is 2.53. The van der Waals surface area contributed by atoms with E-state index in [0.29, 0.717) is 81.5 Å². The minimum atomic E-state index is -1.06. The van der Waals surface area contributed by atoms with Gasteiger partial charge >= 0.3 is 5.97 Å². The predicted molar refractivity (Wildman–Crippen MR) is 332 cm³/mol. The summed E-state index contributed by atoms with van der Waals surface area (Å²) in [6, 6.07) is 0. The minimum absolute atomic E-state index is 0.00451. The van der Waals surface area contributed by atoms with Crippen LogP contribution >= 0.6 is 0 Å². The van der Waals surface area contributed by atoms with Gasteiger partial charge in [0.15, 0.2) is 6.29 Å². The molecular formula is C70H134O8. The zero-order valence-electron chi connectivity index (χ0n) is 57.7. The predicted octanol–water partition coefficient (Wildman–Crippen LogP) is 17.3.